The summed E-state index contributed by atoms with van der Waals surface area (Å²) < 4.78 is 31.6. The Bertz CT molecular complexity index is 5570. The molecule has 4 aromatic carbocycles. The molecule has 6 fully saturated rings. The number of hydrogen-bond acceptors (Lipinski definition) is 23. The summed E-state index contributed by atoms with van der Waals surface area (Å²) in [6.07, 6.45) is 9.61. The van der Waals surface area contributed by atoms with Gasteiger partial charge in [-0.05, 0) is 172 Å². The molecule has 6 N–H and O–H groups in total. The number of pyridine rings is 2. The number of piperazine rings is 2. The van der Waals surface area contributed by atoms with Crippen molar-refractivity contribution in [1.29, 1.82) is 0 Å². The Labute approximate surface area is 669 Å². The highest BCUT2D eigenvalue weighted by Gasteiger charge is 2.47. The number of benzene rings is 4. The number of unbranched alkanes of at least 4 members (excludes halogenated alkanes) is 1. The van der Waals surface area contributed by atoms with Crippen molar-refractivity contribution in [3.05, 3.63) is 203 Å². The lowest BCUT2D eigenvalue weighted by Crippen LogP contribution is -2.54. The SMILES string of the molecule is Fc1cccc([C@H]2CCCN2c2ccc3ncc(-c4cccc(N5CCNCC5)n4)n3n2)c1.O=C(O)CCNc1ccc2c(c1)C(=O)N(C1CCC(=O)NC1=O)C2=O.O=C1CCC(N2C(=O)c3ccc(NCCCCC(=O)N4CCN(c5cccc(-c6cnc7ccc(N8CCC[C@@H]8c8cccc(F)c8)nn67)n5)CC4)cc3C2=O)C(=O)N1. The lowest BCUT2D eigenvalue weighted by molar-refractivity contribution is -0.137. The monoisotopic (exact) mass is 1590 g/mol. The van der Waals surface area contributed by atoms with E-state index in [-0.39, 0.29) is 90.5 Å². The molecule has 600 valence electrons. The van der Waals surface area contributed by atoms with Crippen LogP contribution < -0.4 is 46.2 Å². The van der Waals surface area contributed by atoms with E-state index in [0.717, 1.165) is 144 Å². The Balaban J connectivity index is 0.000000148. The Morgan fingerprint density at radius 3 is 1.41 bits per heavy atom. The molecule has 0 saturated carbocycles. The van der Waals surface area contributed by atoms with E-state index in [2.05, 4.69) is 62.2 Å². The molecule has 0 bridgehead atoms. The molecule has 8 aliphatic heterocycles. The van der Waals surface area contributed by atoms with E-state index in [4.69, 9.17) is 25.3 Å². The predicted molar refractivity (Wildman–Crippen MR) is 427 cm³/mol. The molecule has 0 aliphatic carbocycles. The van der Waals surface area contributed by atoms with Gasteiger partial charge in [0.25, 0.3) is 23.6 Å². The molecule has 8 aliphatic rings. The number of imidazole rings is 2. The smallest absolute Gasteiger partial charge is 0.305 e. The number of nitrogens with one attached hydrogen (secondary N) is 5. The first-order chi connectivity index (χ1) is 56.9. The third-order valence-corrected chi connectivity index (χ3v) is 22.3. The van der Waals surface area contributed by atoms with Gasteiger partial charge in [-0.2, -0.15) is 0 Å². The van der Waals surface area contributed by atoms with Crippen LogP contribution in [0, 0.1) is 11.6 Å². The van der Waals surface area contributed by atoms with Crippen molar-refractivity contribution in [2.45, 2.75) is 101 Å². The molecule has 10 aromatic rings. The van der Waals surface area contributed by atoms with Crippen LogP contribution in [0.3, 0.4) is 0 Å². The minimum atomic E-state index is -1.01. The van der Waals surface area contributed by atoms with E-state index < -0.39 is 65.3 Å². The van der Waals surface area contributed by atoms with E-state index in [9.17, 15) is 56.7 Å². The van der Waals surface area contributed by atoms with Gasteiger partial charge in [-0.15, -0.1) is 10.2 Å². The maximum absolute atomic E-state index is 14.1. The van der Waals surface area contributed by atoms with E-state index in [1.54, 1.807) is 54.7 Å². The Morgan fingerprint density at radius 1 is 0.462 bits per heavy atom. The van der Waals surface area contributed by atoms with Crippen molar-refractivity contribution >= 4 is 105 Å². The first kappa shape index (κ1) is 77.5. The standard InChI is InChI=1S/C43H43FN10O5.C25H26FN7.C16H15N3O6/c44-28-7-3-6-27(24-28)33-9-5-19-52(33)38-16-15-36-46-26-35(54(36)49-38)32-8-4-10-37(47-32)50-20-22-51(23-21-50)40(56)11-1-2-18-45-29-12-13-30-31(25-29)43(59)53(42(30)58)34-14-17-39(55)48-41(34)57;26-19-5-1-4-18(16-19)21-7-3-13-32(21)25-10-9-23-28-17-22(33(23)30-25)20-6-2-8-24(29-20)31-14-11-27-12-15-31;20-12-4-3-11(14(23)18-12)19-15(24)9-2-1-8(7-10(9)16(19)25)17-6-5-13(21)22/h3-4,6-8,10,12-13,15-16,24-26,33-34,45H,1-2,5,9,11,14,17-23H2,(H,48,55,57);1-2,4-6,8-10,16-17,21,27H,3,7,11-15H2;1-2,7,11,17H,3-6H2,(H,21,22)(H,18,20,23)/t33-,34?;21-;/m11./s1. The molecule has 18 rings (SSSR count). The zero-order chi connectivity index (χ0) is 81.0. The van der Waals surface area contributed by atoms with Crippen LogP contribution in [0.4, 0.5) is 43.4 Å². The molecule has 2 unspecified atom stereocenters. The van der Waals surface area contributed by atoms with Gasteiger partial charge in [0.15, 0.2) is 11.3 Å². The van der Waals surface area contributed by atoms with Crippen LogP contribution in [0.1, 0.15) is 142 Å². The van der Waals surface area contributed by atoms with Gasteiger partial charge in [0.2, 0.25) is 29.5 Å². The van der Waals surface area contributed by atoms with Gasteiger partial charge in [0, 0.05) is 109 Å². The van der Waals surface area contributed by atoms with Gasteiger partial charge in [0.05, 0.1) is 64.5 Å². The number of carboxylic acids is 1. The van der Waals surface area contributed by atoms with Gasteiger partial charge in [-0.25, -0.2) is 37.7 Å². The number of fused-ring (bicyclic) bond motifs is 4. The van der Waals surface area contributed by atoms with Gasteiger partial charge < -0.3 is 45.6 Å². The number of rotatable bonds is 20. The number of carboxylic acid groups (broad SMARTS) is 1. The van der Waals surface area contributed by atoms with Crippen LogP contribution in [-0.4, -0.2) is 209 Å². The summed E-state index contributed by atoms with van der Waals surface area (Å²) in [5, 5.41) is 32.5. The summed E-state index contributed by atoms with van der Waals surface area (Å²) >= 11 is 0. The van der Waals surface area contributed by atoms with Crippen molar-refractivity contribution in [1.82, 2.24) is 69.8 Å². The molecule has 14 heterocycles. The zero-order valence-corrected chi connectivity index (χ0v) is 63.8. The summed E-state index contributed by atoms with van der Waals surface area (Å²) in [7, 11) is 0. The second-order valence-electron chi connectivity index (χ2n) is 29.8. The number of halogens is 2. The summed E-state index contributed by atoms with van der Waals surface area (Å²) in [4.78, 5) is 154. The highest BCUT2D eigenvalue weighted by Crippen LogP contribution is 2.39. The molecule has 6 saturated heterocycles. The summed E-state index contributed by atoms with van der Waals surface area (Å²) in [5.74, 6) is -2.24. The first-order valence-electron chi connectivity index (χ1n) is 39.4. The number of aromatic nitrogens is 8. The van der Waals surface area contributed by atoms with Crippen molar-refractivity contribution < 1.29 is 61.8 Å². The van der Waals surface area contributed by atoms with Gasteiger partial charge in [0.1, 0.15) is 58.4 Å². The topological polar surface area (TPSA) is 360 Å². The lowest BCUT2D eigenvalue weighted by Gasteiger charge is -2.35. The van der Waals surface area contributed by atoms with E-state index in [1.165, 1.54) is 24.3 Å². The van der Waals surface area contributed by atoms with Gasteiger partial charge in [-0.3, -0.25) is 68.4 Å². The highest BCUT2D eigenvalue weighted by atomic mass is 19.1. The molecular weight excluding hydrogens is 1500 g/mol. The fraction of sp³-hybridized carbons (Fsp3) is 0.333. The molecule has 33 heteroatoms. The third-order valence-electron chi connectivity index (χ3n) is 22.3. The summed E-state index contributed by atoms with van der Waals surface area (Å²) in [6, 6.07) is 41.2. The van der Waals surface area contributed by atoms with Crippen LogP contribution in [0.15, 0.2) is 158 Å². The molecule has 117 heavy (non-hydrogen) atoms. The van der Waals surface area contributed by atoms with Crippen molar-refractivity contribution in [2.75, 3.05) is 109 Å². The Kier molecular flexibility index (Phi) is 22.5. The number of carbonyl (C=O) groups excluding carboxylic acids is 9. The minimum Gasteiger partial charge on any atom is -0.481 e. The molecule has 0 spiro atoms. The normalized spacial score (nSPS) is 19.4. The van der Waals surface area contributed by atoms with Crippen LogP contribution in [0.5, 0.6) is 0 Å². The molecule has 9 amide bonds. The molecular formula is C84H84F2N20O11. The first-order valence-corrected chi connectivity index (χ1v) is 39.4. The second kappa shape index (κ2) is 33.9. The van der Waals surface area contributed by atoms with Crippen molar-refractivity contribution in [3.63, 3.8) is 0 Å². The number of amides is 9. The minimum absolute atomic E-state index is 0.0424. The largest absolute Gasteiger partial charge is 0.481 e. The zero-order valence-electron chi connectivity index (χ0n) is 63.8. The summed E-state index contributed by atoms with van der Waals surface area (Å²) in [5.41, 5.74) is 8.59. The van der Waals surface area contributed by atoms with Crippen LogP contribution in [0.2, 0.25) is 0 Å². The fourth-order valence-electron chi connectivity index (χ4n) is 16.4. The third kappa shape index (κ3) is 16.5. The summed E-state index contributed by atoms with van der Waals surface area (Å²) in [6.45, 7) is 8.75. The lowest BCUT2D eigenvalue weighted by atomic mass is 10.0. The number of anilines is 6. The van der Waals surface area contributed by atoms with Crippen molar-refractivity contribution in [2.24, 2.45) is 0 Å². The van der Waals surface area contributed by atoms with Gasteiger partial charge >= 0.3 is 5.97 Å². The fourth-order valence-corrected chi connectivity index (χ4v) is 16.4. The average molecular weight is 1590 g/mol. The predicted octanol–water partition coefficient (Wildman–Crippen LogP) is 8.26. The maximum Gasteiger partial charge on any atom is 0.305 e. The number of aliphatic carboxylic acids is 1. The molecule has 0 radical (unpaired) electrons. The van der Waals surface area contributed by atoms with Crippen LogP contribution >= 0.6 is 0 Å². The van der Waals surface area contributed by atoms with Gasteiger partial charge in [-0.1, -0.05) is 36.4 Å². The Morgan fingerprint density at radius 2 is 0.932 bits per heavy atom. The Hall–Kier alpha value is -13.5. The molecule has 4 atom stereocenters. The van der Waals surface area contributed by atoms with E-state index in [1.807, 2.05) is 86.9 Å². The molecule has 6 aromatic heterocycles. The van der Waals surface area contributed by atoms with E-state index in [0.29, 0.717) is 62.6 Å². The number of piperidine rings is 2. The van der Waals surface area contributed by atoms with Crippen LogP contribution in [0.25, 0.3) is 34.1 Å². The molecule has 31 nitrogen and oxygen atoms in total. The average Bonchev–Trinajstić information content (AvgIpc) is 1.62. The number of hydrogen-bond donors (Lipinski definition) is 6. The second-order valence-corrected chi connectivity index (χ2v) is 29.8. The number of carbonyl (C=O) groups is 10. The number of imide groups is 4. The van der Waals surface area contributed by atoms with E-state index >= 15 is 0 Å². The quantitative estimate of drug-likeness (QED) is 0.0309. The maximum atomic E-state index is 14.1. The van der Waals surface area contributed by atoms with Crippen molar-refractivity contribution in [3.8, 4) is 22.8 Å². The van der Waals surface area contributed by atoms with Crippen LogP contribution in [-0.2, 0) is 28.8 Å². The highest BCUT2D eigenvalue weighted by molar-refractivity contribution is 6.25. The number of nitrogens with zero attached hydrogens (tertiary/aromatic N) is 15.